The van der Waals surface area contributed by atoms with Crippen molar-refractivity contribution in [2.75, 3.05) is 6.54 Å². The molecule has 1 amide bonds. The molecule has 7 heteroatoms. The van der Waals surface area contributed by atoms with Crippen LogP contribution in [-0.2, 0) is 10.0 Å². The van der Waals surface area contributed by atoms with Crippen LogP contribution in [0.4, 0.5) is 0 Å². The first-order chi connectivity index (χ1) is 9.71. The number of nitrogens with two attached hydrogens (primary N) is 1. The van der Waals surface area contributed by atoms with Crippen molar-refractivity contribution >= 4 is 31.9 Å². The van der Waals surface area contributed by atoms with E-state index in [9.17, 15) is 13.2 Å². The average Bonchev–Trinajstić information content (AvgIpc) is 2.40. The minimum Gasteiger partial charge on any atom is -0.336 e. The van der Waals surface area contributed by atoms with E-state index in [1.165, 1.54) is 12.1 Å². The number of benzene rings is 1. The number of piperidine rings is 1. The maximum atomic E-state index is 12.7. The summed E-state index contributed by atoms with van der Waals surface area (Å²) >= 11 is 3.32. The summed E-state index contributed by atoms with van der Waals surface area (Å²) in [6.45, 7) is 4.84. The maximum absolute atomic E-state index is 12.7. The van der Waals surface area contributed by atoms with Gasteiger partial charge in [0, 0.05) is 17.1 Å². The zero-order valence-electron chi connectivity index (χ0n) is 12.0. The van der Waals surface area contributed by atoms with Crippen molar-refractivity contribution < 1.29 is 13.2 Å². The Hall–Kier alpha value is -0.920. The van der Waals surface area contributed by atoms with Gasteiger partial charge in [0.15, 0.2) is 0 Å². The molecule has 1 fully saturated rings. The van der Waals surface area contributed by atoms with Crippen LogP contribution >= 0.6 is 15.9 Å². The highest BCUT2D eigenvalue weighted by Crippen LogP contribution is 2.28. The zero-order valence-corrected chi connectivity index (χ0v) is 14.4. The monoisotopic (exact) mass is 374 g/mol. The van der Waals surface area contributed by atoms with Crippen LogP contribution in [0.5, 0.6) is 0 Å². The van der Waals surface area contributed by atoms with E-state index >= 15 is 0 Å². The topological polar surface area (TPSA) is 80.5 Å². The van der Waals surface area contributed by atoms with E-state index in [0.717, 1.165) is 12.8 Å². The zero-order chi connectivity index (χ0) is 15.8. The number of sulfonamides is 1. The molecule has 1 aliphatic rings. The van der Waals surface area contributed by atoms with E-state index in [-0.39, 0.29) is 16.8 Å². The standard InChI is InChI=1S/C14H19BrN2O3S/c1-9-4-3-7-17(10(9)2)14(18)12-8-11(21(16,19)20)5-6-13(12)15/h5-6,8-10H,3-4,7H2,1-2H3,(H2,16,19,20). The maximum Gasteiger partial charge on any atom is 0.255 e. The Morgan fingerprint density at radius 1 is 1.38 bits per heavy atom. The predicted molar refractivity (Wildman–Crippen MR) is 84.4 cm³/mol. The molecule has 116 valence electrons. The fourth-order valence-corrected chi connectivity index (χ4v) is 3.58. The number of nitrogens with zero attached hydrogens (tertiary/aromatic N) is 1. The molecule has 0 bridgehead atoms. The smallest absolute Gasteiger partial charge is 0.255 e. The largest absolute Gasteiger partial charge is 0.336 e. The third kappa shape index (κ3) is 3.46. The average molecular weight is 375 g/mol. The summed E-state index contributed by atoms with van der Waals surface area (Å²) in [6.07, 6.45) is 2.06. The second-order valence-corrected chi connectivity index (χ2v) is 7.96. The van der Waals surface area contributed by atoms with Crippen molar-refractivity contribution in [2.45, 2.75) is 37.6 Å². The molecule has 0 spiro atoms. The number of carbonyl (C=O) groups is 1. The van der Waals surface area contributed by atoms with Crippen LogP contribution in [0.15, 0.2) is 27.6 Å². The molecule has 0 aliphatic carbocycles. The van der Waals surface area contributed by atoms with Gasteiger partial charge in [0.2, 0.25) is 10.0 Å². The van der Waals surface area contributed by atoms with E-state index in [4.69, 9.17) is 5.14 Å². The number of rotatable bonds is 2. The second-order valence-electron chi connectivity index (χ2n) is 5.55. The molecule has 0 saturated carbocycles. The van der Waals surface area contributed by atoms with Crippen LogP contribution in [0, 0.1) is 5.92 Å². The Morgan fingerprint density at radius 3 is 2.67 bits per heavy atom. The van der Waals surface area contributed by atoms with Gasteiger partial charge in [-0.3, -0.25) is 4.79 Å². The Balaban J connectivity index is 2.39. The fourth-order valence-electron chi connectivity index (χ4n) is 2.62. The quantitative estimate of drug-likeness (QED) is 0.862. The molecule has 1 aromatic rings. The number of hydrogen-bond donors (Lipinski definition) is 1. The minimum absolute atomic E-state index is 0.0493. The number of carbonyl (C=O) groups excluding carboxylic acids is 1. The van der Waals surface area contributed by atoms with Gasteiger partial charge in [-0.1, -0.05) is 6.92 Å². The van der Waals surface area contributed by atoms with Crippen molar-refractivity contribution in [3.05, 3.63) is 28.2 Å². The number of amides is 1. The van der Waals surface area contributed by atoms with Crippen LogP contribution in [0.25, 0.3) is 0 Å². The van der Waals surface area contributed by atoms with E-state index < -0.39 is 10.0 Å². The first-order valence-corrected chi connectivity index (χ1v) is 9.19. The highest BCUT2D eigenvalue weighted by atomic mass is 79.9. The first-order valence-electron chi connectivity index (χ1n) is 6.85. The van der Waals surface area contributed by atoms with Gasteiger partial charge < -0.3 is 4.90 Å². The van der Waals surface area contributed by atoms with Crippen LogP contribution in [-0.4, -0.2) is 31.8 Å². The third-order valence-corrected chi connectivity index (χ3v) is 5.73. The predicted octanol–water partition coefficient (Wildman–Crippen LogP) is 2.36. The molecule has 2 rings (SSSR count). The van der Waals surface area contributed by atoms with Crippen molar-refractivity contribution in [3.8, 4) is 0 Å². The summed E-state index contributed by atoms with van der Waals surface area (Å²) in [5.41, 5.74) is 0.336. The molecule has 2 N–H and O–H groups in total. The van der Waals surface area contributed by atoms with E-state index in [0.29, 0.717) is 22.5 Å². The normalized spacial score (nSPS) is 23.1. The molecular formula is C14H19BrN2O3S. The van der Waals surface area contributed by atoms with Crippen LogP contribution in [0.2, 0.25) is 0 Å². The lowest BCUT2D eigenvalue weighted by Gasteiger charge is -2.38. The Labute approximate surface area is 133 Å². The SMILES string of the molecule is CC1CCCN(C(=O)c2cc(S(N)(=O)=O)ccc2Br)C1C. The number of hydrogen-bond acceptors (Lipinski definition) is 3. The molecule has 1 heterocycles. The summed E-state index contributed by atoms with van der Waals surface area (Å²) < 4.78 is 23.5. The summed E-state index contributed by atoms with van der Waals surface area (Å²) in [7, 11) is -3.82. The number of likely N-dealkylation sites (tertiary alicyclic amines) is 1. The lowest BCUT2D eigenvalue weighted by Crippen LogP contribution is -2.46. The molecule has 2 atom stereocenters. The lowest BCUT2D eigenvalue weighted by molar-refractivity contribution is 0.0550. The second kappa shape index (κ2) is 6.06. The van der Waals surface area contributed by atoms with E-state index in [2.05, 4.69) is 22.9 Å². The van der Waals surface area contributed by atoms with Crippen LogP contribution in [0.1, 0.15) is 37.0 Å². The molecule has 5 nitrogen and oxygen atoms in total. The van der Waals surface area contributed by atoms with Crippen molar-refractivity contribution in [2.24, 2.45) is 11.1 Å². The van der Waals surface area contributed by atoms with Gasteiger partial charge in [0.25, 0.3) is 5.91 Å². The van der Waals surface area contributed by atoms with E-state index in [1.807, 2.05) is 6.92 Å². The molecule has 1 aliphatic heterocycles. The van der Waals surface area contributed by atoms with Crippen LogP contribution in [0.3, 0.4) is 0 Å². The van der Waals surface area contributed by atoms with Gasteiger partial charge in [-0.25, -0.2) is 13.6 Å². The summed E-state index contributed by atoms with van der Waals surface area (Å²) in [5.74, 6) is 0.273. The van der Waals surface area contributed by atoms with Gasteiger partial charge in [0.05, 0.1) is 10.5 Å². The molecule has 2 unspecified atom stereocenters. The number of halogens is 1. The first kappa shape index (κ1) is 16.5. The van der Waals surface area contributed by atoms with Crippen molar-refractivity contribution in [3.63, 3.8) is 0 Å². The van der Waals surface area contributed by atoms with Gasteiger partial charge >= 0.3 is 0 Å². The minimum atomic E-state index is -3.82. The lowest BCUT2D eigenvalue weighted by atomic mass is 9.91. The van der Waals surface area contributed by atoms with Gasteiger partial charge in [-0.15, -0.1) is 0 Å². The third-order valence-electron chi connectivity index (χ3n) is 4.13. The van der Waals surface area contributed by atoms with Gasteiger partial charge in [-0.05, 0) is 59.8 Å². The number of primary sulfonamides is 1. The van der Waals surface area contributed by atoms with E-state index in [1.54, 1.807) is 11.0 Å². The van der Waals surface area contributed by atoms with Gasteiger partial charge in [-0.2, -0.15) is 0 Å². The summed E-state index contributed by atoms with van der Waals surface area (Å²) in [6, 6.07) is 4.41. The van der Waals surface area contributed by atoms with Crippen molar-refractivity contribution in [1.82, 2.24) is 4.90 Å². The fraction of sp³-hybridized carbons (Fsp3) is 0.500. The molecule has 1 aromatic carbocycles. The highest BCUT2D eigenvalue weighted by molar-refractivity contribution is 9.10. The molecule has 0 radical (unpaired) electrons. The molecule has 21 heavy (non-hydrogen) atoms. The Bertz CT molecular complexity index is 660. The summed E-state index contributed by atoms with van der Waals surface area (Å²) in [5, 5.41) is 5.14. The summed E-state index contributed by atoms with van der Waals surface area (Å²) in [4.78, 5) is 14.5. The highest BCUT2D eigenvalue weighted by Gasteiger charge is 2.30. The van der Waals surface area contributed by atoms with Gasteiger partial charge in [0.1, 0.15) is 0 Å². The molecule has 1 saturated heterocycles. The molecular weight excluding hydrogens is 356 g/mol. The van der Waals surface area contributed by atoms with Crippen LogP contribution < -0.4 is 5.14 Å². The Morgan fingerprint density at radius 2 is 2.05 bits per heavy atom. The molecule has 0 aromatic heterocycles. The Kier molecular flexibility index (Phi) is 4.75. The van der Waals surface area contributed by atoms with Crippen molar-refractivity contribution in [1.29, 1.82) is 0 Å².